The van der Waals surface area contributed by atoms with E-state index < -0.39 is 11.9 Å². The fraction of sp³-hybridized carbons (Fsp3) is 0.125. The average Bonchev–Trinajstić information content (AvgIpc) is 2.75. The number of carbonyl (C=O) groups excluding carboxylic acids is 3. The maximum absolute atomic E-state index is 12.5. The Hall–Kier alpha value is -3.77. The van der Waals surface area contributed by atoms with Crippen molar-refractivity contribution < 1.29 is 23.9 Å². The van der Waals surface area contributed by atoms with Crippen LogP contribution in [0, 0.1) is 13.8 Å². The summed E-state index contributed by atoms with van der Waals surface area (Å²) < 4.78 is 10.9. The molecule has 0 amide bonds. The number of rotatable bonds is 6. The molecule has 2 N–H and O–H groups in total. The molecular weight excluding hydrogens is 382 g/mol. The quantitative estimate of drug-likeness (QED) is 0.381. The smallest absolute Gasteiger partial charge is 0.343 e. The van der Waals surface area contributed by atoms with E-state index in [1.165, 1.54) is 18.2 Å². The lowest BCUT2D eigenvalue weighted by Gasteiger charge is -2.12. The van der Waals surface area contributed by atoms with Crippen LogP contribution < -0.4 is 15.2 Å². The molecule has 0 saturated heterocycles. The van der Waals surface area contributed by atoms with Crippen molar-refractivity contribution in [3.8, 4) is 11.5 Å². The zero-order valence-corrected chi connectivity index (χ0v) is 16.7. The first-order valence-corrected chi connectivity index (χ1v) is 9.32. The zero-order valence-electron chi connectivity index (χ0n) is 16.7. The lowest BCUT2D eigenvalue weighted by atomic mass is 10.1. The number of hydrogen-bond donors (Lipinski definition) is 1. The van der Waals surface area contributed by atoms with Crippen LogP contribution in [0.1, 0.15) is 42.2 Å². The molecule has 0 fully saturated rings. The van der Waals surface area contributed by atoms with Gasteiger partial charge in [0, 0.05) is 5.56 Å². The topological polar surface area (TPSA) is 95.7 Å². The molecule has 6 heteroatoms. The molecule has 0 aliphatic heterocycles. The summed E-state index contributed by atoms with van der Waals surface area (Å²) in [5.74, 6) is -1.60. The summed E-state index contributed by atoms with van der Waals surface area (Å²) in [5, 5.41) is 0. The zero-order chi connectivity index (χ0) is 21.7. The summed E-state index contributed by atoms with van der Waals surface area (Å²) in [6, 6.07) is 17.9. The fourth-order valence-electron chi connectivity index (χ4n) is 2.66. The minimum Gasteiger partial charge on any atom is -0.419 e. The van der Waals surface area contributed by atoms with Gasteiger partial charge in [-0.25, -0.2) is 9.59 Å². The van der Waals surface area contributed by atoms with Crippen LogP contribution in [0.25, 0.3) is 0 Å². The van der Waals surface area contributed by atoms with Crippen LogP contribution in [0.5, 0.6) is 11.5 Å². The molecule has 0 unspecified atom stereocenters. The molecule has 0 aromatic heterocycles. The Balaban J connectivity index is 1.90. The first-order chi connectivity index (χ1) is 14.4. The highest BCUT2D eigenvalue weighted by molar-refractivity contribution is 5.99. The molecule has 30 heavy (non-hydrogen) atoms. The minimum absolute atomic E-state index is 0.0228. The van der Waals surface area contributed by atoms with Gasteiger partial charge in [0.2, 0.25) is 0 Å². The average molecular weight is 403 g/mol. The summed E-state index contributed by atoms with van der Waals surface area (Å²) in [6.45, 7) is 3.61. The fourth-order valence-corrected chi connectivity index (χ4v) is 2.66. The summed E-state index contributed by atoms with van der Waals surface area (Å²) >= 11 is 0. The third-order valence-electron chi connectivity index (χ3n) is 4.43. The molecule has 0 bridgehead atoms. The lowest BCUT2D eigenvalue weighted by molar-refractivity contribution is 0.0682. The van der Waals surface area contributed by atoms with E-state index in [0.29, 0.717) is 11.1 Å². The van der Waals surface area contributed by atoms with Gasteiger partial charge >= 0.3 is 11.9 Å². The van der Waals surface area contributed by atoms with Crippen molar-refractivity contribution in [2.45, 2.75) is 13.8 Å². The van der Waals surface area contributed by atoms with Crippen molar-refractivity contribution in [1.29, 1.82) is 0 Å². The molecule has 0 aliphatic rings. The van der Waals surface area contributed by atoms with Gasteiger partial charge in [-0.3, -0.25) is 4.79 Å². The van der Waals surface area contributed by atoms with E-state index in [0.717, 1.165) is 11.1 Å². The monoisotopic (exact) mass is 403 g/mol. The molecule has 0 spiro atoms. The Morgan fingerprint density at radius 2 is 1.10 bits per heavy atom. The van der Waals surface area contributed by atoms with Crippen LogP contribution in [0.4, 0.5) is 0 Å². The Labute approximate surface area is 174 Å². The third kappa shape index (κ3) is 4.98. The number of esters is 2. The van der Waals surface area contributed by atoms with Crippen LogP contribution in [0.3, 0.4) is 0 Å². The SMILES string of the molecule is Cc1ccc(C(=O)Oc2ccc(C(=O)CN)cc2OC(=O)c2ccc(C)cc2)cc1. The molecule has 0 radical (unpaired) electrons. The number of ketones is 1. The van der Waals surface area contributed by atoms with Crippen molar-refractivity contribution in [3.63, 3.8) is 0 Å². The predicted octanol–water partition coefficient (Wildman–Crippen LogP) is 3.88. The second kappa shape index (κ2) is 9.15. The predicted molar refractivity (Wildman–Crippen MR) is 112 cm³/mol. The number of Topliss-reactive ketones (excluding diaryl/α,β-unsaturated/α-hetero) is 1. The molecule has 3 rings (SSSR count). The van der Waals surface area contributed by atoms with Crippen LogP contribution in [-0.4, -0.2) is 24.3 Å². The number of carbonyl (C=O) groups is 3. The molecule has 152 valence electrons. The molecule has 0 saturated carbocycles. The van der Waals surface area contributed by atoms with Gasteiger partial charge in [0.25, 0.3) is 0 Å². The standard InChI is InChI=1S/C24H21NO5/c1-15-3-7-17(8-4-15)23(27)29-21-12-11-19(20(26)14-25)13-22(21)30-24(28)18-9-5-16(2)6-10-18/h3-13H,14,25H2,1-2H3. The first kappa shape index (κ1) is 21.0. The van der Waals surface area contributed by atoms with E-state index in [1.54, 1.807) is 48.5 Å². The van der Waals surface area contributed by atoms with E-state index in [-0.39, 0.29) is 29.4 Å². The van der Waals surface area contributed by atoms with E-state index in [2.05, 4.69) is 0 Å². The van der Waals surface area contributed by atoms with Crippen molar-refractivity contribution in [1.82, 2.24) is 0 Å². The highest BCUT2D eigenvalue weighted by atomic mass is 16.6. The number of ether oxygens (including phenoxy) is 2. The lowest BCUT2D eigenvalue weighted by Crippen LogP contribution is -2.16. The van der Waals surface area contributed by atoms with Crippen molar-refractivity contribution in [3.05, 3.63) is 94.5 Å². The van der Waals surface area contributed by atoms with Gasteiger partial charge in [0.05, 0.1) is 17.7 Å². The van der Waals surface area contributed by atoms with Crippen LogP contribution in [0.15, 0.2) is 66.7 Å². The number of benzene rings is 3. The van der Waals surface area contributed by atoms with Crippen molar-refractivity contribution in [2.75, 3.05) is 6.54 Å². The van der Waals surface area contributed by atoms with Crippen molar-refractivity contribution in [2.24, 2.45) is 5.73 Å². The largest absolute Gasteiger partial charge is 0.419 e. The van der Waals surface area contributed by atoms with Crippen molar-refractivity contribution >= 4 is 17.7 Å². The Morgan fingerprint density at radius 1 is 0.667 bits per heavy atom. The van der Waals surface area contributed by atoms with Gasteiger partial charge in [-0.1, -0.05) is 35.4 Å². The number of hydrogen-bond acceptors (Lipinski definition) is 6. The Bertz CT molecular complexity index is 1090. The molecule has 3 aromatic rings. The van der Waals surface area contributed by atoms with Gasteiger partial charge in [0.1, 0.15) is 0 Å². The molecule has 0 atom stereocenters. The van der Waals surface area contributed by atoms with E-state index in [1.807, 2.05) is 13.8 Å². The molecule has 0 aliphatic carbocycles. The van der Waals surface area contributed by atoms with Gasteiger partial charge in [-0.2, -0.15) is 0 Å². The summed E-state index contributed by atoms with van der Waals surface area (Å²) in [6.07, 6.45) is 0. The molecule has 3 aromatic carbocycles. The maximum atomic E-state index is 12.5. The summed E-state index contributed by atoms with van der Waals surface area (Å²) in [4.78, 5) is 37.0. The minimum atomic E-state index is -0.639. The maximum Gasteiger partial charge on any atom is 0.343 e. The number of aryl methyl sites for hydroxylation is 2. The number of nitrogens with two attached hydrogens (primary N) is 1. The summed E-state index contributed by atoms with van der Waals surface area (Å²) in [5.41, 5.74) is 8.34. The Morgan fingerprint density at radius 3 is 1.57 bits per heavy atom. The molecular formula is C24H21NO5. The van der Waals surface area contributed by atoms with Gasteiger partial charge < -0.3 is 15.2 Å². The highest BCUT2D eigenvalue weighted by Crippen LogP contribution is 2.30. The first-order valence-electron chi connectivity index (χ1n) is 9.32. The van der Waals surface area contributed by atoms with Crippen LogP contribution >= 0.6 is 0 Å². The van der Waals surface area contributed by atoms with Gasteiger partial charge in [0.15, 0.2) is 17.3 Å². The normalized spacial score (nSPS) is 10.4. The third-order valence-corrected chi connectivity index (χ3v) is 4.43. The second-order valence-electron chi connectivity index (χ2n) is 6.80. The van der Waals surface area contributed by atoms with E-state index in [4.69, 9.17) is 15.2 Å². The summed E-state index contributed by atoms with van der Waals surface area (Å²) in [7, 11) is 0. The Kier molecular flexibility index (Phi) is 6.39. The van der Waals surface area contributed by atoms with Crippen LogP contribution in [0.2, 0.25) is 0 Å². The molecule has 6 nitrogen and oxygen atoms in total. The highest BCUT2D eigenvalue weighted by Gasteiger charge is 2.18. The van der Waals surface area contributed by atoms with E-state index >= 15 is 0 Å². The second-order valence-corrected chi connectivity index (χ2v) is 6.80. The van der Waals surface area contributed by atoms with Gasteiger partial charge in [-0.15, -0.1) is 0 Å². The molecule has 0 heterocycles. The van der Waals surface area contributed by atoms with Crippen LogP contribution in [-0.2, 0) is 0 Å². The van der Waals surface area contributed by atoms with Gasteiger partial charge in [-0.05, 0) is 56.3 Å². The van der Waals surface area contributed by atoms with E-state index in [9.17, 15) is 14.4 Å².